The Bertz CT molecular complexity index is 1180. The van der Waals surface area contributed by atoms with E-state index in [1.165, 1.54) is 18.2 Å². The fourth-order valence-electron chi connectivity index (χ4n) is 3.52. The molecular formula is C21H15F2N3O6. The van der Waals surface area contributed by atoms with E-state index >= 15 is 0 Å². The van der Waals surface area contributed by atoms with E-state index in [2.05, 4.69) is 10.6 Å². The molecule has 2 aliphatic heterocycles. The van der Waals surface area contributed by atoms with Gasteiger partial charge in [-0.1, -0.05) is 6.07 Å². The smallest absolute Gasteiger partial charge is 0.266 e. The molecule has 2 aliphatic rings. The first-order chi connectivity index (χ1) is 15.3. The third-order valence-electron chi connectivity index (χ3n) is 4.99. The van der Waals surface area contributed by atoms with Gasteiger partial charge in [0, 0.05) is 12.5 Å². The minimum absolute atomic E-state index is 0.00202. The van der Waals surface area contributed by atoms with E-state index in [4.69, 9.17) is 4.74 Å². The number of ether oxygens (including phenoxy) is 1. The zero-order chi connectivity index (χ0) is 23.0. The van der Waals surface area contributed by atoms with Gasteiger partial charge in [0.2, 0.25) is 11.8 Å². The lowest BCUT2D eigenvalue weighted by molar-refractivity contribution is -0.136. The summed E-state index contributed by atoms with van der Waals surface area (Å²) in [5.74, 6) is -5.39. The molecule has 9 nitrogen and oxygen atoms in total. The highest BCUT2D eigenvalue weighted by Crippen LogP contribution is 2.33. The summed E-state index contributed by atoms with van der Waals surface area (Å²) < 4.78 is 32.0. The van der Waals surface area contributed by atoms with Gasteiger partial charge in [0.25, 0.3) is 17.7 Å². The van der Waals surface area contributed by atoms with Gasteiger partial charge in [-0.15, -0.1) is 0 Å². The summed E-state index contributed by atoms with van der Waals surface area (Å²) in [7, 11) is 0. The molecule has 0 saturated carbocycles. The highest BCUT2D eigenvalue weighted by atomic mass is 19.1. The Labute approximate surface area is 179 Å². The van der Waals surface area contributed by atoms with Crippen LogP contribution < -0.4 is 15.4 Å². The third kappa shape index (κ3) is 3.80. The highest BCUT2D eigenvalue weighted by molar-refractivity contribution is 6.24. The molecule has 1 fully saturated rings. The van der Waals surface area contributed by atoms with Crippen LogP contribution in [0.5, 0.6) is 5.75 Å². The van der Waals surface area contributed by atoms with Crippen LogP contribution >= 0.6 is 0 Å². The van der Waals surface area contributed by atoms with Crippen molar-refractivity contribution in [3.63, 3.8) is 0 Å². The Morgan fingerprint density at radius 1 is 1.12 bits per heavy atom. The predicted octanol–water partition coefficient (Wildman–Crippen LogP) is 1.38. The number of carbonyl (C=O) groups is 5. The number of amides is 5. The lowest BCUT2D eigenvalue weighted by Gasteiger charge is -2.27. The maximum atomic E-state index is 13.7. The Balaban J connectivity index is 1.50. The maximum absolute atomic E-state index is 13.7. The number of imide groups is 2. The molecule has 5 amide bonds. The molecule has 0 spiro atoms. The number of hydrogen-bond donors (Lipinski definition) is 2. The van der Waals surface area contributed by atoms with Gasteiger partial charge in [-0.25, -0.2) is 8.78 Å². The predicted molar refractivity (Wildman–Crippen MR) is 104 cm³/mol. The summed E-state index contributed by atoms with van der Waals surface area (Å²) in [5.41, 5.74) is -0.390. The molecular weight excluding hydrogens is 428 g/mol. The number of carbonyl (C=O) groups excluding carboxylic acids is 5. The first-order valence-electron chi connectivity index (χ1n) is 9.48. The van der Waals surface area contributed by atoms with Crippen molar-refractivity contribution in [2.75, 3.05) is 11.9 Å². The van der Waals surface area contributed by atoms with E-state index in [1.54, 1.807) is 0 Å². The third-order valence-corrected chi connectivity index (χ3v) is 4.99. The number of halogens is 2. The first kappa shape index (κ1) is 21.1. The van der Waals surface area contributed by atoms with Crippen molar-refractivity contribution in [1.82, 2.24) is 10.2 Å². The minimum atomic E-state index is -1.14. The summed E-state index contributed by atoms with van der Waals surface area (Å²) in [6.45, 7) is -0.632. The monoisotopic (exact) mass is 443 g/mol. The van der Waals surface area contributed by atoms with E-state index in [9.17, 15) is 32.8 Å². The zero-order valence-electron chi connectivity index (χ0n) is 16.3. The summed E-state index contributed by atoms with van der Waals surface area (Å²) in [5, 5.41) is 4.31. The normalized spacial score (nSPS) is 17.8. The standard InChI is InChI=1S/C21H15F2N3O6/c22-10-4-5-13(12(23)8-10)24-17(28)9-32-15-3-1-2-11-18(15)21(31)26(20(11)30)14-6-7-16(27)25-19(14)29/h1-5,8,14H,6-7,9H2,(H,24,28)(H,25,27,29). The van der Waals surface area contributed by atoms with Crippen molar-refractivity contribution >= 4 is 35.2 Å². The largest absolute Gasteiger partial charge is 0.483 e. The Kier molecular flexibility index (Phi) is 5.39. The molecule has 2 aromatic carbocycles. The molecule has 2 heterocycles. The van der Waals surface area contributed by atoms with Crippen LogP contribution in [0, 0.1) is 11.6 Å². The second-order valence-electron chi connectivity index (χ2n) is 7.09. The van der Waals surface area contributed by atoms with Gasteiger partial charge < -0.3 is 10.1 Å². The second-order valence-corrected chi connectivity index (χ2v) is 7.09. The molecule has 1 unspecified atom stereocenters. The van der Waals surface area contributed by atoms with Crippen LogP contribution in [0.3, 0.4) is 0 Å². The zero-order valence-corrected chi connectivity index (χ0v) is 16.3. The van der Waals surface area contributed by atoms with E-state index in [1.807, 2.05) is 0 Å². The van der Waals surface area contributed by atoms with Gasteiger partial charge in [0.05, 0.1) is 16.8 Å². The Morgan fingerprint density at radius 2 is 1.91 bits per heavy atom. The SMILES string of the molecule is O=C1CCC(N2C(=O)c3cccc(OCC(=O)Nc4ccc(F)cc4F)c3C2=O)C(=O)N1. The Morgan fingerprint density at radius 3 is 2.62 bits per heavy atom. The van der Waals surface area contributed by atoms with Crippen LogP contribution in [0.25, 0.3) is 0 Å². The first-order valence-corrected chi connectivity index (χ1v) is 9.48. The lowest BCUT2D eigenvalue weighted by atomic mass is 10.0. The second kappa shape index (κ2) is 8.17. The lowest BCUT2D eigenvalue weighted by Crippen LogP contribution is -2.54. The van der Waals surface area contributed by atoms with E-state index in [-0.39, 0.29) is 35.4 Å². The van der Waals surface area contributed by atoms with Gasteiger partial charge in [0.15, 0.2) is 6.61 Å². The topological polar surface area (TPSA) is 122 Å². The number of nitrogens with zero attached hydrogens (tertiary/aromatic N) is 1. The highest BCUT2D eigenvalue weighted by Gasteiger charge is 2.46. The quantitative estimate of drug-likeness (QED) is 0.674. The van der Waals surface area contributed by atoms with Crippen molar-refractivity contribution in [3.05, 3.63) is 59.2 Å². The van der Waals surface area contributed by atoms with Crippen LogP contribution in [-0.2, 0) is 14.4 Å². The van der Waals surface area contributed by atoms with Crippen molar-refractivity contribution in [3.8, 4) is 5.75 Å². The van der Waals surface area contributed by atoms with E-state index in [0.29, 0.717) is 6.07 Å². The van der Waals surface area contributed by atoms with Crippen molar-refractivity contribution < 1.29 is 37.5 Å². The number of fused-ring (bicyclic) bond motifs is 1. The maximum Gasteiger partial charge on any atom is 0.266 e. The fraction of sp³-hybridized carbons (Fsp3) is 0.190. The van der Waals surface area contributed by atoms with Crippen molar-refractivity contribution in [2.45, 2.75) is 18.9 Å². The number of rotatable bonds is 5. The average molecular weight is 443 g/mol. The van der Waals surface area contributed by atoms with E-state index < -0.39 is 53.8 Å². The average Bonchev–Trinajstić information content (AvgIpc) is 3.00. The fourth-order valence-corrected chi connectivity index (χ4v) is 3.52. The van der Waals surface area contributed by atoms with Crippen LogP contribution in [0.4, 0.5) is 14.5 Å². The Hall–Kier alpha value is -4.15. The molecule has 164 valence electrons. The van der Waals surface area contributed by atoms with Gasteiger partial charge in [-0.05, 0) is 30.7 Å². The molecule has 2 aromatic rings. The van der Waals surface area contributed by atoms with Crippen LogP contribution in [0.1, 0.15) is 33.6 Å². The molecule has 11 heteroatoms. The summed E-state index contributed by atoms with van der Waals surface area (Å²) >= 11 is 0. The molecule has 32 heavy (non-hydrogen) atoms. The number of piperidine rings is 1. The summed E-state index contributed by atoms with van der Waals surface area (Å²) in [6.07, 6.45) is -0.0226. The van der Waals surface area contributed by atoms with Gasteiger partial charge in [-0.3, -0.25) is 34.2 Å². The van der Waals surface area contributed by atoms with Crippen LogP contribution in [-0.4, -0.2) is 47.1 Å². The number of anilines is 1. The number of hydrogen-bond acceptors (Lipinski definition) is 6. The van der Waals surface area contributed by atoms with Gasteiger partial charge >= 0.3 is 0 Å². The van der Waals surface area contributed by atoms with Gasteiger partial charge in [0.1, 0.15) is 23.4 Å². The summed E-state index contributed by atoms with van der Waals surface area (Å²) in [6, 6.07) is 5.66. The molecule has 1 atom stereocenters. The summed E-state index contributed by atoms with van der Waals surface area (Å²) in [4.78, 5) is 62.1. The van der Waals surface area contributed by atoms with Crippen LogP contribution in [0.2, 0.25) is 0 Å². The van der Waals surface area contributed by atoms with Gasteiger partial charge in [-0.2, -0.15) is 0 Å². The molecule has 0 radical (unpaired) electrons. The molecule has 0 aromatic heterocycles. The molecule has 1 saturated heterocycles. The molecule has 4 rings (SSSR count). The van der Waals surface area contributed by atoms with Crippen molar-refractivity contribution in [1.29, 1.82) is 0 Å². The number of benzene rings is 2. The molecule has 0 bridgehead atoms. The minimum Gasteiger partial charge on any atom is -0.483 e. The molecule has 2 N–H and O–H groups in total. The number of nitrogens with one attached hydrogen (secondary N) is 2. The van der Waals surface area contributed by atoms with Crippen LogP contribution in [0.15, 0.2) is 36.4 Å². The van der Waals surface area contributed by atoms with Crippen molar-refractivity contribution in [2.24, 2.45) is 0 Å². The molecule has 0 aliphatic carbocycles. The van der Waals surface area contributed by atoms with E-state index in [0.717, 1.165) is 17.0 Å².